The Kier molecular flexibility index (Phi) is 5.79. The third-order valence-corrected chi connectivity index (χ3v) is 4.27. The Morgan fingerprint density at radius 3 is 2.76 bits per heavy atom. The van der Waals surface area contributed by atoms with Gasteiger partial charge in [0.25, 0.3) is 0 Å². The first kappa shape index (κ1) is 16.0. The fourth-order valence-electron chi connectivity index (χ4n) is 2.71. The van der Waals surface area contributed by atoms with Crippen LogP contribution in [-0.2, 0) is 0 Å². The van der Waals surface area contributed by atoms with E-state index in [2.05, 4.69) is 27.8 Å². The van der Waals surface area contributed by atoms with Gasteiger partial charge < -0.3 is 10.2 Å². The number of nitrogens with zero attached hydrogens (tertiary/aromatic N) is 1. The minimum Gasteiger partial charge on any atom is -0.318 e. The van der Waals surface area contributed by atoms with Gasteiger partial charge in [0.15, 0.2) is 0 Å². The highest BCUT2D eigenvalue weighted by Crippen LogP contribution is 2.24. The fraction of sp³-hybridized carbons (Fsp3) is 0.438. The Balaban J connectivity index is 2.08. The van der Waals surface area contributed by atoms with Crippen molar-refractivity contribution >= 4 is 27.6 Å². The summed E-state index contributed by atoms with van der Waals surface area (Å²) in [5.74, 6) is -0.445. The number of nitrogens with one attached hydrogen (secondary N) is 1. The Bertz CT molecular complexity index is 515. The van der Waals surface area contributed by atoms with E-state index < -0.39 is 5.82 Å². The van der Waals surface area contributed by atoms with E-state index in [9.17, 15) is 9.18 Å². The predicted molar refractivity (Wildman–Crippen MR) is 86.9 cm³/mol. The summed E-state index contributed by atoms with van der Waals surface area (Å²) in [7, 11) is 0. The van der Waals surface area contributed by atoms with Crippen LogP contribution in [-0.4, -0.2) is 23.5 Å². The lowest BCUT2D eigenvalue weighted by Crippen LogP contribution is -2.44. The molecule has 0 radical (unpaired) electrons. The molecular weight excluding hydrogens is 335 g/mol. The van der Waals surface area contributed by atoms with E-state index in [0.29, 0.717) is 11.0 Å². The molecule has 5 heteroatoms. The first-order valence-electron chi connectivity index (χ1n) is 7.25. The minimum atomic E-state index is -0.445. The summed E-state index contributed by atoms with van der Waals surface area (Å²) < 4.78 is 14.5. The number of urea groups is 1. The first-order chi connectivity index (χ1) is 10.1. The van der Waals surface area contributed by atoms with Gasteiger partial charge >= 0.3 is 6.03 Å². The molecule has 0 bridgehead atoms. The zero-order valence-electron chi connectivity index (χ0n) is 11.9. The molecule has 1 aliphatic rings. The van der Waals surface area contributed by atoms with Crippen molar-refractivity contribution in [1.82, 2.24) is 4.90 Å². The number of anilines is 1. The van der Waals surface area contributed by atoms with Gasteiger partial charge in [-0.3, -0.25) is 0 Å². The smallest absolute Gasteiger partial charge is 0.318 e. The average molecular weight is 355 g/mol. The molecule has 21 heavy (non-hydrogen) atoms. The molecular formula is C16H20BrFN2O. The highest BCUT2D eigenvalue weighted by Gasteiger charge is 2.25. The van der Waals surface area contributed by atoms with Crippen molar-refractivity contribution in [3.63, 3.8) is 0 Å². The van der Waals surface area contributed by atoms with Crippen molar-refractivity contribution in [3.05, 3.63) is 41.1 Å². The van der Waals surface area contributed by atoms with Crippen molar-refractivity contribution in [2.45, 2.75) is 38.1 Å². The third-order valence-electron chi connectivity index (χ3n) is 3.77. The molecule has 1 fully saturated rings. The van der Waals surface area contributed by atoms with Crippen molar-refractivity contribution in [2.75, 3.05) is 11.9 Å². The van der Waals surface area contributed by atoms with Gasteiger partial charge in [0.2, 0.25) is 0 Å². The van der Waals surface area contributed by atoms with E-state index in [0.717, 1.165) is 25.7 Å². The molecule has 1 aromatic rings. The standard InChI is InChI=1S/C16H20BrFN2O/c1-2-10-20(13-6-4-3-5-7-13)16(21)19-15-9-8-12(17)11-14(15)18/h2,8-9,11,13H,1,3-7,10H2,(H,19,21). The van der Waals surface area contributed by atoms with Gasteiger partial charge in [-0.2, -0.15) is 0 Å². The van der Waals surface area contributed by atoms with Gasteiger partial charge in [-0.1, -0.05) is 41.3 Å². The van der Waals surface area contributed by atoms with Crippen molar-refractivity contribution in [2.24, 2.45) is 0 Å². The summed E-state index contributed by atoms with van der Waals surface area (Å²) in [5, 5.41) is 2.66. The van der Waals surface area contributed by atoms with Crippen LogP contribution in [0.25, 0.3) is 0 Å². The van der Waals surface area contributed by atoms with Crippen LogP contribution in [0.3, 0.4) is 0 Å². The minimum absolute atomic E-state index is 0.202. The van der Waals surface area contributed by atoms with Crippen LogP contribution in [0.1, 0.15) is 32.1 Å². The lowest BCUT2D eigenvalue weighted by molar-refractivity contribution is 0.176. The fourth-order valence-corrected chi connectivity index (χ4v) is 3.04. The molecule has 1 aromatic carbocycles. The Labute approximate surface area is 133 Å². The molecule has 3 nitrogen and oxygen atoms in total. The molecule has 114 valence electrons. The maximum atomic E-state index is 13.8. The number of benzene rings is 1. The second-order valence-electron chi connectivity index (χ2n) is 5.29. The molecule has 2 rings (SSSR count). The van der Waals surface area contributed by atoms with Crippen molar-refractivity contribution < 1.29 is 9.18 Å². The summed E-state index contributed by atoms with van der Waals surface area (Å²) in [5.41, 5.74) is 0.202. The maximum Gasteiger partial charge on any atom is 0.322 e. The van der Waals surface area contributed by atoms with Gasteiger partial charge in [-0.05, 0) is 31.0 Å². The van der Waals surface area contributed by atoms with E-state index in [1.165, 1.54) is 12.5 Å². The van der Waals surface area contributed by atoms with Crippen LogP contribution in [0, 0.1) is 5.82 Å². The van der Waals surface area contributed by atoms with Crippen molar-refractivity contribution in [3.8, 4) is 0 Å². The quantitative estimate of drug-likeness (QED) is 0.763. The van der Waals surface area contributed by atoms with Gasteiger partial charge in [-0.15, -0.1) is 6.58 Å². The van der Waals surface area contributed by atoms with E-state index >= 15 is 0 Å². The summed E-state index contributed by atoms with van der Waals surface area (Å²) >= 11 is 3.20. The van der Waals surface area contributed by atoms with Gasteiger partial charge in [0.1, 0.15) is 5.82 Å². The lowest BCUT2D eigenvalue weighted by Gasteiger charge is -2.33. The molecule has 1 aliphatic carbocycles. The van der Waals surface area contributed by atoms with E-state index in [-0.39, 0.29) is 17.8 Å². The Morgan fingerprint density at radius 1 is 1.43 bits per heavy atom. The maximum absolute atomic E-state index is 13.8. The van der Waals surface area contributed by atoms with Gasteiger partial charge in [-0.25, -0.2) is 9.18 Å². The Hall–Kier alpha value is -1.36. The zero-order chi connectivity index (χ0) is 15.2. The van der Waals surface area contributed by atoms with Crippen LogP contribution < -0.4 is 5.32 Å². The van der Waals surface area contributed by atoms with Crippen LogP contribution in [0.5, 0.6) is 0 Å². The first-order valence-corrected chi connectivity index (χ1v) is 8.04. The highest BCUT2D eigenvalue weighted by molar-refractivity contribution is 9.10. The number of carbonyl (C=O) groups is 1. The highest BCUT2D eigenvalue weighted by atomic mass is 79.9. The molecule has 0 aromatic heterocycles. The average Bonchev–Trinajstić information content (AvgIpc) is 2.48. The molecule has 0 atom stereocenters. The molecule has 2 amide bonds. The van der Waals surface area contributed by atoms with Crippen LogP contribution >= 0.6 is 15.9 Å². The van der Waals surface area contributed by atoms with E-state index in [1.807, 2.05) is 0 Å². The van der Waals surface area contributed by atoms with Crippen LogP contribution in [0.4, 0.5) is 14.9 Å². The van der Waals surface area contributed by atoms with Gasteiger partial charge in [0, 0.05) is 17.1 Å². The molecule has 0 aliphatic heterocycles. The molecule has 0 unspecified atom stereocenters. The SMILES string of the molecule is C=CCN(C(=O)Nc1ccc(Br)cc1F)C1CCCCC1. The van der Waals surface area contributed by atoms with Crippen molar-refractivity contribution in [1.29, 1.82) is 0 Å². The zero-order valence-corrected chi connectivity index (χ0v) is 13.5. The predicted octanol–water partition coefficient (Wildman–Crippen LogP) is 4.94. The summed E-state index contributed by atoms with van der Waals surface area (Å²) in [6, 6.07) is 4.56. The monoisotopic (exact) mass is 354 g/mol. The molecule has 0 heterocycles. The van der Waals surface area contributed by atoms with Crippen LogP contribution in [0.2, 0.25) is 0 Å². The molecule has 1 saturated carbocycles. The van der Waals surface area contributed by atoms with E-state index in [4.69, 9.17) is 0 Å². The van der Waals surface area contributed by atoms with E-state index in [1.54, 1.807) is 23.1 Å². The molecule has 1 N–H and O–H groups in total. The number of hydrogen-bond donors (Lipinski definition) is 1. The topological polar surface area (TPSA) is 32.3 Å². The summed E-state index contributed by atoms with van der Waals surface area (Å²) in [6.07, 6.45) is 7.22. The number of amides is 2. The van der Waals surface area contributed by atoms with Gasteiger partial charge in [0.05, 0.1) is 5.69 Å². The largest absolute Gasteiger partial charge is 0.322 e. The second kappa shape index (κ2) is 7.59. The second-order valence-corrected chi connectivity index (χ2v) is 6.20. The summed E-state index contributed by atoms with van der Waals surface area (Å²) in [4.78, 5) is 14.2. The summed E-state index contributed by atoms with van der Waals surface area (Å²) in [6.45, 7) is 4.19. The number of rotatable bonds is 4. The van der Waals surface area contributed by atoms with Crippen LogP contribution in [0.15, 0.2) is 35.3 Å². The number of hydrogen-bond acceptors (Lipinski definition) is 1. The molecule has 0 saturated heterocycles. The lowest BCUT2D eigenvalue weighted by atomic mass is 9.94. The Morgan fingerprint density at radius 2 is 2.14 bits per heavy atom. The molecule has 0 spiro atoms. The normalized spacial score (nSPS) is 15.5. The third kappa shape index (κ3) is 4.30. The number of halogens is 2. The number of carbonyl (C=O) groups excluding carboxylic acids is 1.